The molecule has 2 heterocycles. The maximum atomic E-state index is 12.3. The fourth-order valence-corrected chi connectivity index (χ4v) is 3.65. The third-order valence-electron chi connectivity index (χ3n) is 4.51. The number of piperidine rings is 1. The van der Waals surface area contributed by atoms with Crippen LogP contribution >= 0.6 is 23.2 Å². The van der Waals surface area contributed by atoms with E-state index >= 15 is 0 Å². The molecule has 1 N–H and O–H groups in total. The maximum absolute atomic E-state index is 12.3. The number of rotatable bonds is 5. The number of hydrogen-bond acceptors (Lipinski definition) is 3. The highest BCUT2D eigenvalue weighted by Crippen LogP contribution is 2.20. The lowest BCUT2D eigenvalue weighted by molar-refractivity contribution is 0.0935. The van der Waals surface area contributed by atoms with Crippen molar-refractivity contribution >= 4 is 29.1 Å². The van der Waals surface area contributed by atoms with Crippen molar-refractivity contribution in [3.8, 4) is 0 Å². The molecule has 1 aromatic carbocycles. The number of benzene rings is 1. The van der Waals surface area contributed by atoms with Crippen LogP contribution < -0.4 is 5.32 Å². The molecule has 0 atom stereocenters. The van der Waals surface area contributed by atoms with Gasteiger partial charge in [-0.15, -0.1) is 0 Å². The Morgan fingerprint density at radius 3 is 2.56 bits per heavy atom. The Morgan fingerprint density at radius 2 is 1.92 bits per heavy atom. The van der Waals surface area contributed by atoms with E-state index in [0.29, 0.717) is 28.1 Å². The molecular weight excluding hydrogens is 357 g/mol. The quantitative estimate of drug-likeness (QED) is 0.855. The van der Waals surface area contributed by atoms with Crippen molar-refractivity contribution in [3.05, 3.63) is 63.9 Å². The lowest BCUT2D eigenvalue weighted by Crippen LogP contribution is -2.38. The van der Waals surface area contributed by atoms with Gasteiger partial charge in [0, 0.05) is 41.1 Å². The molecule has 1 fully saturated rings. The molecule has 1 aromatic heterocycles. The molecule has 1 aliphatic heterocycles. The van der Waals surface area contributed by atoms with Crippen LogP contribution in [0.1, 0.15) is 28.8 Å². The maximum Gasteiger partial charge on any atom is 0.251 e. The number of nitrogens with one attached hydrogen (secondary N) is 1. The predicted octanol–water partition coefficient (Wildman–Crippen LogP) is 4.03. The first kappa shape index (κ1) is 18.2. The van der Waals surface area contributed by atoms with Gasteiger partial charge in [0.25, 0.3) is 5.91 Å². The zero-order valence-corrected chi connectivity index (χ0v) is 15.4. The molecule has 1 saturated heterocycles. The first-order valence-electron chi connectivity index (χ1n) is 8.46. The Morgan fingerprint density at radius 1 is 1.20 bits per heavy atom. The second-order valence-electron chi connectivity index (χ2n) is 6.45. The molecule has 132 valence electrons. The Labute approximate surface area is 158 Å². The molecule has 2 aromatic rings. The van der Waals surface area contributed by atoms with Gasteiger partial charge in [-0.1, -0.05) is 29.3 Å². The summed E-state index contributed by atoms with van der Waals surface area (Å²) < 4.78 is 0. The number of hydrogen-bond donors (Lipinski definition) is 1. The minimum absolute atomic E-state index is 0.123. The molecule has 0 radical (unpaired) electrons. The van der Waals surface area contributed by atoms with E-state index in [9.17, 15) is 4.79 Å². The van der Waals surface area contributed by atoms with Gasteiger partial charge in [0.15, 0.2) is 0 Å². The summed E-state index contributed by atoms with van der Waals surface area (Å²) in [5, 5.41) is 3.95. The van der Waals surface area contributed by atoms with Gasteiger partial charge in [0.1, 0.15) is 0 Å². The van der Waals surface area contributed by atoms with Crippen LogP contribution in [0.25, 0.3) is 0 Å². The van der Waals surface area contributed by atoms with E-state index < -0.39 is 0 Å². The first-order valence-corrected chi connectivity index (χ1v) is 9.21. The minimum atomic E-state index is -0.123. The monoisotopic (exact) mass is 377 g/mol. The van der Waals surface area contributed by atoms with Crippen molar-refractivity contribution in [1.82, 2.24) is 15.2 Å². The summed E-state index contributed by atoms with van der Waals surface area (Å²) in [4.78, 5) is 18.9. The highest BCUT2D eigenvalue weighted by atomic mass is 35.5. The van der Waals surface area contributed by atoms with Gasteiger partial charge < -0.3 is 5.32 Å². The zero-order valence-electron chi connectivity index (χ0n) is 13.9. The van der Waals surface area contributed by atoms with Crippen molar-refractivity contribution < 1.29 is 4.79 Å². The number of aromatic nitrogens is 1. The predicted molar refractivity (Wildman–Crippen MR) is 101 cm³/mol. The summed E-state index contributed by atoms with van der Waals surface area (Å²) in [5.41, 5.74) is 1.75. The molecule has 6 heteroatoms. The summed E-state index contributed by atoms with van der Waals surface area (Å²) in [6.45, 7) is 3.70. The fourth-order valence-electron chi connectivity index (χ4n) is 3.12. The smallest absolute Gasteiger partial charge is 0.251 e. The number of likely N-dealkylation sites (tertiary alicyclic amines) is 1. The molecule has 1 amide bonds. The minimum Gasteiger partial charge on any atom is -0.352 e. The molecule has 0 aliphatic carbocycles. The second-order valence-corrected chi connectivity index (χ2v) is 7.32. The number of carbonyl (C=O) groups is 1. The molecule has 4 nitrogen and oxygen atoms in total. The lowest BCUT2D eigenvalue weighted by atomic mass is 9.96. The van der Waals surface area contributed by atoms with Crippen LogP contribution in [0.2, 0.25) is 10.0 Å². The van der Waals surface area contributed by atoms with Crippen LogP contribution in [-0.4, -0.2) is 35.4 Å². The number of amides is 1. The van der Waals surface area contributed by atoms with Crippen molar-refractivity contribution in [1.29, 1.82) is 0 Å². The van der Waals surface area contributed by atoms with Crippen molar-refractivity contribution in [2.45, 2.75) is 19.4 Å². The Kier molecular flexibility index (Phi) is 6.29. The van der Waals surface area contributed by atoms with Gasteiger partial charge in [-0.25, -0.2) is 0 Å². The van der Waals surface area contributed by atoms with Gasteiger partial charge in [-0.3, -0.25) is 14.7 Å². The van der Waals surface area contributed by atoms with E-state index in [-0.39, 0.29) is 5.91 Å². The van der Waals surface area contributed by atoms with Gasteiger partial charge in [-0.2, -0.15) is 0 Å². The third kappa shape index (κ3) is 5.43. The molecule has 3 rings (SSSR count). The molecule has 25 heavy (non-hydrogen) atoms. The van der Waals surface area contributed by atoms with E-state index in [1.54, 1.807) is 24.4 Å². The molecular formula is C19H21Cl2N3O. The number of nitrogens with zero attached hydrogens (tertiary/aromatic N) is 2. The highest BCUT2D eigenvalue weighted by molar-refractivity contribution is 6.35. The summed E-state index contributed by atoms with van der Waals surface area (Å²) in [5.74, 6) is 0.381. The van der Waals surface area contributed by atoms with Crippen molar-refractivity contribution in [3.63, 3.8) is 0 Å². The van der Waals surface area contributed by atoms with Crippen LogP contribution in [-0.2, 0) is 6.54 Å². The average molecular weight is 378 g/mol. The molecule has 0 spiro atoms. The molecule has 0 bridgehead atoms. The largest absolute Gasteiger partial charge is 0.352 e. The van der Waals surface area contributed by atoms with Crippen LogP contribution in [0.15, 0.2) is 42.7 Å². The van der Waals surface area contributed by atoms with E-state index in [2.05, 4.69) is 21.3 Å². The normalized spacial score (nSPS) is 15.9. The highest BCUT2D eigenvalue weighted by Gasteiger charge is 2.20. The molecule has 0 saturated carbocycles. The van der Waals surface area contributed by atoms with Gasteiger partial charge >= 0.3 is 0 Å². The van der Waals surface area contributed by atoms with Gasteiger partial charge in [0.05, 0.1) is 0 Å². The second kappa shape index (κ2) is 8.65. The topological polar surface area (TPSA) is 45.2 Å². The van der Waals surface area contributed by atoms with Crippen LogP contribution in [0.5, 0.6) is 0 Å². The van der Waals surface area contributed by atoms with E-state index in [1.807, 2.05) is 12.3 Å². The first-order chi connectivity index (χ1) is 12.1. The summed E-state index contributed by atoms with van der Waals surface area (Å²) in [6, 6.07) is 8.98. The Hall–Kier alpha value is -1.62. The van der Waals surface area contributed by atoms with E-state index in [1.165, 1.54) is 5.56 Å². The van der Waals surface area contributed by atoms with E-state index in [4.69, 9.17) is 23.2 Å². The standard InChI is InChI=1S/C19H21Cl2N3O/c20-17-8-16(9-18(21)10-17)19(25)23-12-14-3-6-24(7-4-14)13-15-2-1-5-22-11-15/h1-2,5,8-11,14H,3-4,6-7,12-13H2,(H,23,25). The summed E-state index contributed by atoms with van der Waals surface area (Å²) in [7, 11) is 0. The number of pyridine rings is 1. The Balaban J connectivity index is 1.44. The lowest BCUT2D eigenvalue weighted by Gasteiger charge is -2.32. The van der Waals surface area contributed by atoms with E-state index in [0.717, 1.165) is 32.5 Å². The summed E-state index contributed by atoms with van der Waals surface area (Å²) >= 11 is 11.9. The zero-order chi connectivity index (χ0) is 17.6. The third-order valence-corrected chi connectivity index (χ3v) is 4.95. The van der Waals surface area contributed by atoms with Crippen molar-refractivity contribution in [2.75, 3.05) is 19.6 Å². The SMILES string of the molecule is O=C(NCC1CCN(Cc2cccnc2)CC1)c1cc(Cl)cc(Cl)c1. The van der Waals surface area contributed by atoms with Gasteiger partial charge in [-0.05, 0) is 61.7 Å². The Bertz CT molecular complexity index is 696. The van der Waals surface area contributed by atoms with Crippen LogP contribution in [0.4, 0.5) is 0 Å². The average Bonchev–Trinajstić information content (AvgIpc) is 2.61. The number of halogens is 2. The van der Waals surface area contributed by atoms with Crippen molar-refractivity contribution in [2.24, 2.45) is 5.92 Å². The molecule has 0 unspecified atom stereocenters. The summed E-state index contributed by atoms with van der Waals surface area (Å²) in [6.07, 6.45) is 5.88. The van der Waals surface area contributed by atoms with Crippen LogP contribution in [0, 0.1) is 5.92 Å². The molecule has 1 aliphatic rings. The van der Waals surface area contributed by atoms with Gasteiger partial charge in [0.2, 0.25) is 0 Å². The van der Waals surface area contributed by atoms with Crippen LogP contribution in [0.3, 0.4) is 0 Å². The number of carbonyl (C=O) groups excluding carboxylic acids is 1. The fraction of sp³-hybridized carbons (Fsp3) is 0.368.